The van der Waals surface area contributed by atoms with Crippen LogP contribution >= 0.6 is 0 Å². The average molecular weight is 412 g/mol. The average Bonchev–Trinajstić information content (AvgIpc) is 2.72. The van der Waals surface area contributed by atoms with Crippen LogP contribution in [0.1, 0.15) is 58.4 Å². The van der Waals surface area contributed by atoms with Gasteiger partial charge in [0.05, 0.1) is 19.6 Å². The number of rotatable bonds is 7. The molecule has 0 amide bonds. The fourth-order valence-electron chi connectivity index (χ4n) is 4.46. The summed E-state index contributed by atoms with van der Waals surface area (Å²) in [5, 5.41) is 2.43. The molecule has 0 aliphatic heterocycles. The first-order valence-electron chi connectivity index (χ1n) is 11.2. The number of nitrogens with zero attached hydrogens (tertiary/aromatic N) is 1. The minimum absolute atomic E-state index is 0.167. The van der Waals surface area contributed by atoms with E-state index in [1.807, 2.05) is 7.05 Å². The number of carbonyl (C=O) groups is 1. The summed E-state index contributed by atoms with van der Waals surface area (Å²) in [5.41, 5.74) is 1.64. The molecule has 3 rings (SSSR count). The van der Waals surface area contributed by atoms with Crippen LogP contribution in [0.25, 0.3) is 10.8 Å². The highest BCUT2D eigenvalue weighted by atomic mass is 16.5. The molecule has 0 saturated heterocycles. The lowest BCUT2D eigenvalue weighted by atomic mass is 9.72. The molecule has 2 aromatic rings. The number of fused-ring (bicyclic) bond motifs is 1. The fourth-order valence-corrected chi connectivity index (χ4v) is 4.46. The molecule has 1 fully saturated rings. The zero-order chi connectivity index (χ0) is 21.7. The van der Waals surface area contributed by atoms with Crippen molar-refractivity contribution < 1.29 is 14.3 Å². The molecule has 164 valence electrons. The maximum atomic E-state index is 11.3. The third-order valence-corrected chi connectivity index (χ3v) is 6.46. The van der Waals surface area contributed by atoms with Crippen molar-refractivity contribution in [2.45, 2.75) is 65.5 Å². The molecule has 1 aliphatic rings. The van der Waals surface area contributed by atoms with Crippen molar-refractivity contribution in [1.29, 1.82) is 0 Å². The van der Waals surface area contributed by atoms with Gasteiger partial charge in [-0.25, -0.2) is 0 Å². The van der Waals surface area contributed by atoms with Crippen molar-refractivity contribution >= 4 is 16.7 Å². The molecule has 0 aromatic heterocycles. The summed E-state index contributed by atoms with van der Waals surface area (Å²) >= 11 is 0. The Hall–Kier alpha value is -2.07. The van der Waals surface area contributed by atoms with Crippen LogP contribution in [0.2, 0.25) is 0 Å². The summed E-state index contributed by atoms with van der Waals surface area (Å²) < 4.78 is 11.0. The van der Waals surface area contributed by atoms with Gasteiger partial charge in [-0.3, -0.25) is 4.79 Å². The topological polar surface area (TPSA) is 38.8 Å². The molecule has 0 unspecified atom stereocenters. The molecular weight excluding hydrogens is 374 g/mol. The van der Waals surface area contributed by atoms with Crippen LogP contribution in [-0.2, 0) is 16.1 Å². The Labute approximate surface area is 181 Å². The number of carbonyl (C=O) groups excluding carboxylic acids is 1. The highest BCUT2D eigenvalue weighted by molar-refractivity contribution is 5.84. The lowest BCUT2D eigenvalue weighted by Crippen LogP contribution is -2.30. The first kappa shape index (κ1) is 22.6. The first-order chi connectivity index (χ1) is 14.2. The van der Waals surface area contributed by atoms with E-state index in [4.69, 9.17) is 9.47 Å². The van der Waals surface area contributed by atoms with Crippen molar-refractivity contribution in [1.82, 2.24) is 4.90 Å². The minimum atomic E-state index is -0.167. The molecule has 4 heteroatoms. The van der Waals surface area contributed by atoms with E-state index in [-0.39, 0.29) is 5.97 Å². The SMILES string of the molecule is COC(=O)CCN(C)Cc1ccc2cc(OC3CCC(C(C)(C)C)CC3)ccc2c1. The first-order valence-corrected chi connectivity index (χ1v) is 11.2. The summed E-state index contributed by atoms with van der Waals surface area (Å²) in [6, 6.07) is 13.0. The van der Waals surface area contributed by atoms with E-state index in [9.17, 15) is 4.79 Å². The smallest absolute Gasteiger partial charge is 0.306 e. The largest absolute Gasteiger partial charge is 0.490 e. The van der Waals surface area contributed by atoms with Crippen LogP contribution in [0.3, 0.4) is 0 Å². The monoisotopic (exact) mass is 411 g/mol. The Kier molecular flexibility index (Phi) is 7.41. The molecule has 1 saturated carbocycles. The Morgan fingerprint density at radius 2 is 1.70 bits per heavy atom. The molecule has 0 spiro atoms. The van der Waals surface area contributed by atoms with Crippen molar-refractivity contribution in [3.63, 3.8) is 0 Å². The van der Waals surface area contributed by atoms with E-state index < -0.39 is 0 Å². The number of hydrogen-bond donors (Lipinski definition) is 0. The predicted molar refractivity (Wildman–Crippen MR) is 123 cm³/mol. The molecule has 0 radical (unpaired) electrons. The minimum Gasteiger partial charge on any atom is -0.490 e. The van der Waals surface area contributed by atoms with Crippen LogP contribution in [0.4, 0.5) is 0 Å². The fraction of sp³-hybridized carbons (Fsp3) is 0.577. The van der Waals surface area contributed by atoms with E-state index >= 15 is 0 Å². The van der Waals surface area contributed by atoms with Gasteiger partial charge < -0.3 is 14.4 Å². The van der Waals surface area contributed by atoms with Gasteiger partial charge in [0.1, 0.15) is 5.75 Å². The number of hydrogen-bond acceptors (Lipinski definition) is 4. The van der Waals surface area contributed by atoms with E-state index in [2.05, 4.69) is 62.1 Å². The third-order valence-electron chi connectivity index (χ3n) is 6.46. The van der Waals surface area contributed by atoms with Gasteiger partial charge in [-0.05, 0) is 78.6 Å². The van der Waals surface area contributed by atoms with E-state index in [0.29, 0.717) is 24.5 Å². The Bertz CT molecular complexity index is 847. The highest BCUT2D eigenvalue weighted by Crippen LogP contribution is 2.39. The number of esters is 1. The number of methoxy groups -OCH3 is 1. The summed E-state index contributed by atoms with van der Waals surface area (Å²) in [6.07, 6.45) is 5.57. The molecular formula is C26H37NO3. The second-order valence-electron chi connectivity index (χ2n) is 9.86. The summed E-state index contributed by atoms with van der Waals surface area (Å²) in [5.74, 6) is 1.61. The van der Waals surface area contributed by atoms with Crippen LogP contribution in [0.5, 0.6) is 5.75 Å². The molecule has 4 nitrogen and oxygen atoms in total. The maximum absolute atomic E-state index is 11.3. The molecule has 30 heavy (non-hydrogen) atoms. The third kappa shape index (κ3) is 6.21. The molecule has 1 aliphatic carbocycles. The molecule has 0 heterocycles. The van der Waals surface area contributed by atoms with Crippen LogP contribution < -0.4 is 4.74 Å². The van der Waals surface area contributed by atoms with E-state index in [1.54, 1.807) is 0 Å². The molecule has 0 bridgehead atoms. The zero-order valence-corrected chi connectivity index (χ0v) is 19.2. The summed E-state index contributed by atoms with van der Waals surface area (Å²) in [4.78, 5) is 13.5. The van der Waals surface area contributed by atoms with Crippen LogP contribution in [0.15, 0.2) is 36.4 Å². The lowest BCUT2D eigenvalue weighted by Gasteiger charge is -2.37. The van der Waals surface area contributed by atoms with Gasteiger partial charge in [0.2, 0.25) is 0 Å². The van der Waals surface area contributed by atoms with Crippen LogP contribution in [-0.4, -0.2) is 37.7 Å². The second kappa shape index (κ2) is 9.82. The zero-order valence-electron chi connectivity index (χ0n) is 19.2. The van der Waals surface area contributed by atoms with Gasteiger partial charge >= 0.3 is 5.97 Å². The summed E-state index contributed by atoms with van der Waals surface area (Å²) in [7, 11) is 3.46. The molecule has 0 atom stereocenters. The quantitative estimate of drug-likeness (QED) is 0.538. The standard InChI is InChI=1S/C26H37NO3/c1-26(2,3)22-9-12-23(13-10-22)30-24-11-8-20-16-19(6-7-21(20)17-24)18-27(4)15-14-25(28)29-5/h6-8,11,16-17,22-23H,9-10,12-15,18H2,1-5H3. The van der Waals surface area contributed by atoms with Crippen molar-refractivity contribution in [3.05, 3.63) is 42.0 Å². The molecule has 2 aromatic carbocycles. The van der Waals surface area contributed by atoms with E-state index in [1.165, 1.54) is 36.3 Å². The van der Waals surface area contributed by atoms with Gasteiger partial charge in [-0.1, -0.05) is 39.0 Å². The Morgan fingerprint density at radius 1 is 1.03 bits per heavy atom. The van der Waals surface area contributed by atoms with Crippen LogP contribution in [0, 0.1) is 11.3 Å². The lowest BCUT2D eigenvalue weighted by molar-refractivity contribution is -0.140. The van der Waals surface area contributed by atoms with Gasteiger partial charge in [0.25, 0.3) is 0 Å². The molecule has 0 N–H and O–H groups in total. The Morgan fingerprint density at radius 3 is 2.37 bits per heavy atom. The van der Waals surface area contributed by atoms with Crippen molar-refractivity contribution in [2.24, 2.45) is 11.3 Å². The van der Waals surface area contributed by atoms with Gasteiger partial charge in [-0.2, -0.15) is 0 Å². The maximum Gasteiger partial charge on any atom is 0.306 e. The van der Waals surface area contributed by atoms with Crippen molar-refractivity contribution in [2.75, 3.05) is 20.7 Å². The number of ether oxygens (including phenoxy) is 2. The van der Waals surface area contributed by atoms with Crippen molar-refractivity contribution in [3.8, 4) is 5.75 Å². The Balaban J connectivity index is 1.57. The van der Waals surface area contributed by atoms with E-state index in [0.717, 1.165) is 31.1 Å². The van der Waals surface area contributed by atoms with Gasteiger partial charge in [0.15, 0.2) is 0 Å². The second-order valence-corrected chi connectivity index (χ2v) is 9.86. The van der Waals surface area contributed by atoms with Gasteiger partial charge in [-0.15, -0.1) is 0 Å². The normalized spacial score (nSPS) is 19.8. The predicted octanol–water partition coefficient (Wildman–Crippen LogP) is 5.82. The highest BCUT2D eigenvalue weighted by Gasteiger charge is 2.30. The van der Waals surface area contributed by atoms with Gasteiger partial charge in [0, 0.05) is 13.1 Å². The number of benzene rings is 2. The summed E-state index contributed by atoms with van der Waals surface area (Å²) in [6.45, 7) is 8.56.